The monoisotopic (exact) mass is 374 g/mol. The van der Waals surface area contributed by atoms with Gasteiger partial charge in [-0.1, -0.05) is 17.7 Å². The third-order valence-corrected chi connectivity index (χ3v) is 3.93. The number of hydrogen-bond donors (Lipinski definition) is 2. The molecule has 2 amide bonds. The summed E-state index contributed by atoms with van der Waals surface area (Å²) in [5.41, 5.74) is 0.674. The van der Waals surface area contributed by atoms with E-state index in [1.807, 2.05) is 16.8 Å². The standard InChI is InChI=1S/C16H23ClN4O2.ClH/c1-20(8-5-16(23)21-9-6-18-7-10-21)12-15(22)19-14-4-2-3-13(17)11-14;/h2-4,11,18H,5-10,12H2,1H3,(H,19,22);1H. The Kier molecular flexibility index (Phi) is 9.07. The Balaban J connectivity index is 0.00000288. The van der Waals surface area contributed by atoms with Crippen molar-refractivity contribution in [3.63, 3.8) is 0 Å². The zero-order valence-electron chi connectivity index (χ0n) is 13.8. The van der Waals surface area contributed by atoms with E-state index in [1.165, 1.54) is 0 Å². The average Bonchev–Trinajstić information content (AvgIpc) is 2.53. The molecule has 1 aromatic carbocycles. The average molecular weight is 375 g/mol. The number of carbonyl (C=O) groups is 2. The number of hydrogen-bond acceptors (Lipinski definition) is 4. The smallest absolute Gasteiger partial charge is 0.238 e. The molecule has 2 N–H and O–H groups in total. The second kappa shape index (κ2) is 10.5. The van der Waals surface area contributed by atoms with Crippen molar-refractivity contribution in [3.8, 4) is 0 Å². The Morgan fingerprint density at radius 2 is 2.04 bits per heavy atom. The molecule has 0 bridgehead atoms. The van der Waals surface area contributed by atoms with E-state index in [0.29, 0.717) is 23.7 Å². The van der Waals surface area contributed by atoms with E-state index >= 15 is 0 Å². The predicted molar refractivity (Wildman–Crippen MR) is 98.9 cm³/mol. The molecule has 24 heavy (non-hydrogen) atoms. The van der Waals surface area contributed by atoms with Gasteiger partial charge in [0.05, 0.1) is 6.54 Å². The summed E-state index contributed by atoms with van der Waals surface area (Å²) < 4.78 is 0. The first-order valence-electron chi connectivity index (χ1n) is 7.77. The number of benzene rings is 1. The van der Waals surface area contributed by atoms with Crippen LogP contribution in [0.2, 0.25) is 5.02 Å². The van der Waals surface area contributed by atoms with Crippen LogP contribution in [0.3, 0.4) is 0 Å². The SMILES string of the molecule is CN(CCC(=O)N1CCNCC1)CC(=O)Nc1cccc(Cl)c1.Cl. The summed E-state index contributed by atoms with van der Waals surface area (Å²) in [6.07, 6.45) is 0.431. The Labute approximate surface area is 153 Å². The first-order chi connectivity index (χ1) is 11.0. The lowest BCUT2D eigenvalue weighted by Crippen LogP contribution is -2.47. The number of nitrogens with one attached hydrogen (secondary N) is 2. The summed E-state index contributed by atoms with van der Waals surface area (Å²) in [4.78, 5) is 27.8. The van der Waals surface area contributed by atoms with Gasteiger partial charge in [-0.15, -0.1) is 12.4 Å². The quantitative estimate of drug-likeness (QED) is 0.790. The largest absolute Gasteiger partial charge is 0.340 e. The molecule has 0 saturated carbocycles. The highest BCUT2D eigenvalue weighted by atomic mass is 35.5. The summed E-state index contributed by atoms with van der Waals surface area (Å²) in [6.45, 7) is 4.02. The van der Waals surface area contributed by atoms with Gasteiger partial charge in [0.25, 0.3) is 0 Å². The number of rotatable bonds is 6. The number of carbonyl (C=O) groups excluding carboxylic acids is 2. The van der Waals surface area contributed by atoms with Crippen molar-refractivity contribution >= 4 is 41.5 Å². The molecule has 0 unspecified atom stereocenters. The van der Waals surface area contributed by atoms with Crippen LogP contribution in [0, 0.1) is 0 Å². The van der Waals surface area contributed by atoms with Crippen LogP contribution >= 0.6 is 24.0 Å². The molecule has 0 spiro atoms. The summed E-state index contributed by atoms with van der Waals surface area (Å²) >= 11 is 5.88. The maximum Gasteiger partial charge on any atom is 0.238 e. The predicted octanol–water partition coefficient (Wildman–Crippen LogP) is 1.45. The normalized spacial score (nSPS) is 14.2. The van der Waals surface area contributed by atoms with Crippen molar-refractivity contribution in [2.45, 2.75) is 6.42 Å². The van der Waals surface area contributed by atoms with Crippen molar-refractivity contribution in [1.82, 2.24) is 15.1 Å². The van der Waals surface area contributed by atoms with Crippen LogP contribution in [0.4, 0.5) is 5.69 Å². The molecule has 8 heteroatoms. The highest BCUT2D eigenvalue weighted by Crippen LogP contribution is 2.14. The number of halogens is 2. The third-order valence-electron chi connectivity index (χ3n) is 3.70. The van der Waals surface area contributed by atoms with Gasteiger partial charge in [-0.25, -0.2) is 0 Å². The molecule has 0 radical (unpaired) electrons. The van der Waals surface area contributed by atoms with E-state index in [9.17, 15) is 9.59 Å². The van der Waals surface area contributed by atoms with Crippen molar-refractivity contribution in [2.24, 2.45) is 0 Å². The van der Waals surface area contributed by atoms with Crippen molar-refractivity contribution < 1.29 is 9.59 Å². The number of amides is 2. The highest BCUT2D eigenvalue weighted by molar-refractivity contribution is 6.30. The van der Waals surface area contributed by atoms with Crippen LogP contribution in [0.1, 0.15) is 6.42 Å². The van der Waals surface area contributed by atoms with E-state index in [0.717, 1.165) is 26.2 Å². The fraction of sp³-hybridized carbons (Fsp3) is 0.500. The zero-order chi connectivity index (χ0) is 16.7. The van der Waals surface area contributed by atoms with Gasteiger partial charge in [0.2, 0.25) is 11.8 Å². The van der Waals surface area contributed by atoms with Gasteiger partial charge in [-0.2, -0.15) is 0 Å². The van der Waals surface area contributed by atoms with Gasteiger partial charge in [0.1, 0.15) is 0 Å². The van der Waals surface area contributed by atoms with Crippen molar-refractivity contribution in [2.75, 3.05) is 51.6 Å². The van der Waals surface area contributed by atoms with Gasteiger partial charge in [0.15, 0.2) is 0 Å². The molecule has 1 fully saturated rings. The molecule has 1 aliphatic heterocycles. The summed E-state index contributed by atoms with van der Waals surface area (Å²) in [5.74, 6) is 0.0259. The number of nitrogens with zero attached hydrogens (tertiary/aromatic N) is 2. The van der Waals surface area contributed by atoms with E-state index in [2.05, 4.69) is 10.6 Å². The Morgan fingerprint density at radius 1 is 1.33 bits per heavy atom. The third kappa shape index (κ3) is 7.05. The molecular formula is C16H24Cl2N4O2. The van der Waals surface area contributed by atoms with Crippen molar-refractivity contribution in [1.29, 1.82) is 0 Å². The van der Waals surface area contributed by atoms with Crippen LogP contribution in [-0.2, 0) is 9.59 Å². The van der Waals surface area contributed by atoms with Crippen LogP contribution in [0.15, 0.2) is 24.3 Å². The summed E-state index contributed by atoms with van der Waals surface area (Å²) in [7, 11) is 1.84. The molecule has 6 nitrogen and oxygen atoms in total. The van der Waals surface area contributed by atoms with Gasteiger partial charge in [-0.05, 0) is 25.2 Å². The van der Waals surface area contributed by atoms with E-state index in [4.69, 9.17) is 11.6 Å². The molecule has 1 aliphatic rings. The second-order valence-corrected chi connectivity index (χ2v) is 6.11. The van der Waals surface area contributed by atoms with Crippen LogP contribution in [0.5, 0.6) is 0 Å². The maximum absolute atomic E-state index is 12.1. The number of piperazine rings is 1. The van der Waals surface area contributed by atoms with E-state index in [1.54, 1.807) is 24.3 Å². The number of anilines is 1. The molecule has 0 aromatic heterocycles. The number of likely N-dealkylation sites (N-methyl/N-ethyl adjacent to an activating group) is 1. The van der Waals surface area contributed by atoms with E-state index in [-0.39, 0.29) is 30.8 Å². The van der Waals surface area contributed by atoms with Crippen molar-refractivity contribution in [3.05, 3.63) is 29.3 Å². The van der Waals surface area contributed by atoms with Gasteiger partial charge >= 0.3 is 0 Å². The zero-order valence-corrected chi connectivity index (χ0v) is 15.3. The molecule has 1 saturated heterocycles. The van der Waals surface area contributed by atoms with Crippen LogP contribution in [0.25, 0.3) is 0 Å². The lowest BCUT2D eigenvalue weighted by Gasteiger charge is -2.28. The first-order valence-corrected chi connectivity index (χ1v) is 8.15. The highest BCUT2D eigenvalue weighted by Gasteiger charge is 2.16. The van der Waals surface area contributed by atoms with Crippen LogP contribution < -0.4 is 10.6 Å². The van der Waals surface area contributed by atoms with E-state index < -0.39 is 0 Å². The minimum Gasteiger partial charge on any atom is -0.340 e. The topological polar surface area (TPSA) is 64.7 Å². The maximum atomic E-state index is 12.1. The molecule has 2 rings (SSSR count). The summed E-state index contributed by atoms with van der Waals surface area (Å²) in [6, 6.07) is 7.03. The molecule has 1 heterocycles. The van der Waals surface area contributed by atoms with Gasteiger partial charge in [0, 0.05) is 49.9 Å². The Hall–Kier alpha value is -1.34. The Morgan fingerprint density at radius 3 is 2.71 bits per heavy atom. The molecule has 134 valence electrons. The fourth-order valence-corrected chi connectivity index (χ4v) is 2.64. The Bertz CT molecular complexity index is 551. The minimum atomic E-state index is -0.121. The van der Waals surface area contributed by atoms with Crippen LogP contribution in [-0.4, -0.2) is 67.9 Å². The second-order valence-electron chi connectivity index (χ2n) is 5.68. The fourth-order valence-electron chi connectivity index (χ4n) is 2.45. The first kappa shape index (κ1) is 20.7. The molecule has 0 atom stereocenters. The van der Waals surface area contributed by atoms with Gasteiger partial charge in [-0.3, -0.25) is 14.5 Å². The minimum absolute atomic E-state index is 0. The molecule has 1 aromatic rings. The summed E-state index contributed by atoms with van der Waals surface area (Å²) in [5, 5.41) is 6.60. The molecular weight excluding hydrogens is 351 g/mol. The molecule has 0 aliphatic carbocycles. The van der Waals surface area contributed by atoms with Gasteiger partial charge < -0.3 is 15.5 Å². The lowest BCUT2D eigenvalue weighted by atomic mass is 10.3. The lowest BCUT2D eigenvalue weighted by molar-refractivity contribution is -0.132.